The number of primary amides is 1. The van der Waals surface area contributed by atoms with Crippen LogP contribution < -0.4 is 16.6 Å². The fraction of sp³-hybridized carbons (Fsp3) is 0.300. The summed E-state index contributed by atoms with van der Waals surface area (Å²) in [6.45, 7) is 0. The minimum absolute atomic E-state index is 0.141. The van der Waals surface area contributed by atoms with Crippen molar-refractivity contribution in [3.05, 3.63) is 68.6 Å². The number of nitrogens with two attached hydrogens (primary N) is 1. The third-order valence-electron chi connectivity index (χ3n) is 5.22. The van der Waals surface area contributed by atoms with Crippen LogP contribution in [0.4, 0.5) is 0 Å². The molecule has 0 radical (unpaired) electrons. The van der Waals surface area contributed by atoms with Gasteiger partial charge in [-0.25, -0.2) is 4.79 Å². The summed E-state index contributed by atoms with van der Waals surface area (Å²) in [5, 5.41) is 2.89. The van der Waals surface area contributed by atoms with E-state index in [1.165, 1.54) is 6.07 Å². The Hall–Kier alpha value is -3.42. The van der Waals surface area contributed by atoms with Crippen molar-refractivity contribution in [2.24, 2.45) is 5.73 Å². The molecule has 1 aromatic heterocycles. The lowest BCUT2D eigenvalue weighted by molar-refractivity contribution is -0.131. The first kappa shape index (κ1) is 18.0. The average Bonchev–Trinajstić information content (AvgIpc) is 2.67. The molecule has 2 aliphatic rings. The summed E-state index contributed by atoms with van der Waals surface area (Å²) in [5.41, 5.74) is 7.17. The fourth-order valence-electron chi connectivity index (χ4n) is 3.82. The van der Waals surface area contributed by atoms with Gasteiger partial charge in [-0.2, -0.15) is 0 Å². The lowest BCUT2D eigenvalue weighted by atomic mass is 9.89. The van der Waals surface area contributed by atoms with Gasteiger partial charge in [0.1, 0.15) is 5.56 Å². The van der Waals surface area contributed by atoms with Crippen LogP contribution in [0, 0.1) is 0 Å². The summed E-state index contributed by atoms with van der Waals surface area (Å²) >= 11 is 0. The van der Waals surface area contributed by atoms with Crippen molar-refractivity contribution in [1.82, 2.24) is 10.3 Å². The molecule has 1 aliphatic heterocycles. The minimum Gasteiger partial charge on any atom is -0.448 e. The van der Waals surface area contributed by atoms with Gasteiger partial charge in [0.05, 0.1) is 11.6 Å². The van der Waals surface area contributed by atoms with Crippen molar-refractivity contribution in [2.45, 2.75) is 37.8 Å². The van der Waals surface area contributed by atoms with Crippen LogP contribution in [0.5, 0.6) is 0 Å². The molecule has 4 N–H and O–H groups in total. The van der Waals surface area contributed by atoms with Crippen LogP contribution in [0.15, 0.2) is 35.1 Å². The molecule has 2 amide bonds. The number of carbonyl (C=O) groups excluding carboxylic acids is 3. The van der Waals surface area contributed by atoms with E-state index < -0.39 is 35.5 Å². The number of aromatic amines is 1. The van der Waals surface area contributed by atoms with E-state index in [1.54, 1.807) is 18.2 Å². The third-order valence-corrected chi connectivity index (χ3v) is 5.22. The highest BCUT2D eigenvalue weighted by Crippen LogP contribution is 2.29. The van der Waals surface area contributed by atoms with E-state index in [0.717, 1.165) is 12.0 Å². The predicted molar refractivity (Wildman–Crippen MR) is 98.8 cm³/mol. The van der Waals surface area contributed by atoms with E-state index in [0.29, 0.717) is 36.1 Å². The lowest BCUT2D eigenvalue weighted by Crippen LogP contribution is -2.44. The van der Waals surface area contributed by atoms with Gasteiger partial charge in [0.15, 0.2) is 6.10 Å². The van der Waals surface area contributed by atoms with Crippen molar-refractivity contribution < 1.29 is 19.1 Å². The predicted octanol–water partition coefficient (Wildman–Crippen LogP) is 0.749. The summed E-state index contributed by atoms with van der Waals surface area (Å²) < 4.78 is 5.30. The Balaban J connectivity index is 1.57. The Labute approximate surface area is 160 Å². The second kappa shape index (κ2) is 6.95. The van der Waals surface area contributed by atoms with Crippen LogP contribution >= 0.6 is 0 Å². The summed E-state index contributed by atoms with van der Waals surface area (Å²) in [4.78, 5) is 51.1. The van der Waals surface area contributed by atoms with Gasteiger partial charge in [-0.15, -0.1) is 0 Å². The van der Waals surface area contributed by atoms with E-state index in [9.17, 15) is 19.2 Å². The average molecular weight is 381 g/mol. The Morgan fingerprint density at radius 3 is 2.79 bits per heavy atom. The Kier molecular flexibility index (Phi) is 4.46. The Morgan fingerprint density at radius 2 is 2.00 bits per heavy atom. The molecule has 8 heteroatoms. The number of nitrogens with one attached hydrogen (secondary N) is 2. The summed E-state index contributed by atoms with van der Waals surface area (Å²) in [6.07, 6.45) is 1.41. The number of amides is 2. The molecule has 144 valence electrons. The number of esters is 1. The molecule has 2 unspecified atom stereocenters. The van der Waals surface area contributed by atoms with E-state index in [4.69, 9.17) is 10.5 Å². The van der Waals surface area contributed by atoms with Crippen LogP contribution in [-0.2, 0) is 22.4 Å². The van der Waals surface area contributed by atoms with Crippen molar-refractivity contribution in [3.63, 3.8) is 0 Å². The zero-order valence-electron chi connectivity index (χ0n) is 15.0. The molecular formula is C20H19N3O5. The first-order valence-corrected chi connectivity index (χ1v) is 9.09. The van der Waals surface area contributed by atoms with E-state index >= 15 is 0 Å². The second-order valence-corrected chi connectivity index (χ2v) is 7.02. The van der Waals surface area contributed by atoms with Gasteiger partial charge in [0, 0.05) is 12.1 Å². The second-order valence-electron chi connectivity index (χ2n) is 7.02. The summed E-state index contributed by atoms with van der Waals surface area (Å²) in [6, 6.07) is 8.08. The summed E-state index contributed by atoms with van der Waals surface area (Å²) in [5.74, 6) is -1.75. The molecule has 1 aromatic carbocycles. The fourth-order valence-corrected chi connectivity index (χ4v) is 3.82. The Morgan fingerprint density at radius 1 is 1.21 bits per heavy atom. The molecule has 1 aliphatic carbocycles. The molecule has 0 bridgehead atoms. The highest BCUT2D eigenvalue weighted by Gasteiger charge is 2.33. The number of carbonyl (C=O) groups is 3. The number of cyclic esters (lactones) is 1. The van der Waals surface area contributed by atoms with Gasteiger partial charge < -0.3 is 20.8 Å². The highest BCUT2D eigenvalue weighted by atomic mass is 16.5. The number of hydrogen-bond donors (Lipinski definition) is 3. The van der Waals surface area contributed by atoms with E-state index in [2.05, 4.69) is 10.3 Å². The number of aryl methyl sites for hydroxylation is 1. The zero-order valence-corrected chi connectivity index (χ0v) is 15.0. The van der Waals surface area contributed by atoms with Gasteiger partial charge in [-0.1, -0.05) is 18.2 Å². The molecule has 0 saturated heterocycles. The zero-order chi connectivity index (χ0) is 19.8. The van der Waals surface area contributed by atoms with Gasteiger partial charge in [-0.3, -0.25) is 14.4 Å². The first-order chi connectivity index (χ1) is 13.4. The molecule has 0 spiro atoms. The number of pyridine rings is 1. The van der Waals surface area contributed by atoms with Crippen LogP contribution in [0.3, 0.4) is 0 Å². The van der Waals surface area contributed by atoms with Crippen LogP contribution in [-0.4, -0.2) is 28.9 Å². The molecule has 2 heterocycles. The Bertz CT molecular complexity index is 1040. The molecule has 28 heavy (non-hydrogen) atoms. The maximum atomic E-state index is 12.8. The normalized spacial score (nSPS) is 20.5. The number of ether oxygens (including phenoxy) is 1. The summed E-state index contributed by atoms with van der Waals surface area (Å²) in [7, 11) is 0. The molecular weight excluding hydrogens is 362 g/mol. The minimum atomic E-state index is -0.925. The van der Waals surface area contributed by atoms with Crippen molar-refractivity contribution in [3.8, 4) is 0 Å². The monoisotopic (exact) mass is 381 g/mol. The number of aromatic nitrogens is 1. The van der Waals surface area contributed by atoms with Crippen LogP contribution in [0.1, 0.15) is 56.4 Å². The largest absolute Gasteiger partial charge is 0.448 e. The smallest absolute Gasteiger partial charge is 0.339 e. The van der Waals surface area contributed by atoms with E-state index in [1.807, 2.05) is 6.07 Å². The molecule has 8 nitrogen and oxygen atoms in total. The quantitative estimate of drug-likeness (QED) is 0.675. The molecule has 0 saturated carbocycles. The maximum absolute atomic E-state index is 12.8. The van der Waals surface area contributed by atoms with Crippen molar-refractivity contribution >= 4 is 17.8 Å². The molecule has 2 atom stereocenters. The lowest BCUT2D eigenvalue weighted by Gasteiger charge is -2.29. The van der Waals surface area contributed by atoms with Gasteiger partial charge in [-0.05, 0) is 42.5 Å². The van der Waals surface area contributed by atoms with Crippen LogP contribution in [0.25, 0.3) is 0 Å². The standard InChI is InChI=1S/C20H19N3O5/c21-17(24)13-9-12-14(22-18(13)25)6-3-7-15(12)23-19(26)16-8-10-4-1-2-5-11(10)20(27)28-16/h1-2,4-5,9,15-16H,3,6-8H2,(H2,21,24)(H,22,25)(H,23,26). The SMILES string of the molecule is NC(=O)c1cc2c([nH]c1=O)CCCC2NC(=O)C1Cc2ccccc2C(=O)O1. The molecule has 0 fully saturated rings. The highest BCUT2D eigenvalue weighted by molar-refractivity contribution is 5.96. The number of rotatable bonds is 3. The van der Waals surface area contributed by atoms with Gasteiger partial charge >= 0.3 is 5.97 Å². The third kappa shape index (κ3) is 3.17. The number of fused-ring (bicyclic) bond motifs is 2. The van der Waals surface area contributed by atoms with Crippen molar-refractivity contribution in [2.75, 3.05) is 0 Å². The maximum Gasteiger partial charge on any atom is 0.339 e. The molecule has 2 aromatic rings. The number of H-pyrrole nitrogens is 1. The van der Waals surface area contributed by atoms with Crippen molar-refractivity contribution in [1.29, 1.82) is 0 Å². The van der Waals surface area contributed by atoms with Gasteiger partial charge in [0.25, 0.3) is 17.4 Å². The first-order valence-electron chi connectivity index (χ1n) is 9.09. The molecule has 4 rings (SSSR count). The number of benzene rings is 1. The van der Waals surface area contributed by atoms with Crippen LogP contribution in [0.2, 0.25) is 0 Å². The topological polar surface area (TPSA) is 131 Å². The van der Waals surface area contributed by atoms with Gasteiger partial charge in [0.2, 0.25) is 0 Å². The van der Waals surface area contributed by atoms with E-state index in [-0.39, 0.29) is 5.56 Å². The number of hydrogen-bond acceptors (Lipinski definition) is 5.